The molecule has 0 saturated carbocycles. The first-order chi connectivity index (χ1) is 11.8. The maximum absolute atomic E-state index is 12.8. The lowest BCUT2D eigenvalue weighted by Crippen LogP contribution is -2.31. The Balaban J connectivity index is 2.00. The summed E-state index contributed by atoms with van der Waals surface area (Å²) in [4.78, 5) is 11.4. The summed E-state index contributed by atoms with van der Waals surface area (Å²) < 4.78 is 39.2. The van der Waals surface area contributed by atoms with Crippen molar-refractivity contribution in [1.82, 2.24) is 10.6 Å². The molecule has 7 heteroatoms. The topological polar surface area (TPSA) is 41.1 Å². The summed E-state index contributed by atoms with van der Waals surface area (Å²) in [5.74, 6) is -0.00579. The molecule has 132 valence electrons. The smallest absolute Gasteiger partial charge is 0.336 e. The van der Waals surface area contributed by atoms with Crippen LogP contribution in [0, 0.1) is 0 Å². The van der Waals surface area contributed by atoms with Gasteiger partial charge in [-0.25, -0.2) is 4.79 Å². The van der Waals surface area contributed by atoms with E-state index in [0.29, 0.717) is 12.1 Å². The van der Waals surface area contributed by atoms with E-state index in [2.05, 4.69) is 26.6 Å². The number of urea groups is 1. The quantitative estimate of drug-likeness (QED) is 0.737. The zero-order valence-electron chi connectivity index (χ0n) is 13.3. The van der Waals surface area contributed by atoms with E-state index < -0.39 is 11.7 Å². The van der Waals surface area contributed by atoms with E-state index in [0.717, 1.165) is 27.7 Å². The molecule has 2 aromatic carbocycles. The first kappa shape index (κ1) is 17.8. The SMILES string of the molecule is CC(c1cccc(Br)c1-c1ccc(C(F)(F)F)cc1)C1CNC(=O)N1. The van der Waals surface area contributed by atoms with Gasteiger partial charge in [-0.1, -0.05) is 47.1 Å². The monoisotopic (exact) mass is 412 g/mol. The Morgan fingerprint density at radius 3 is 2.40 bits per heavy atom. The van der Waals surface area contributed by atoms with Crippen LogP contribution in [-0.4, -0.2) is 18.6 Å². The van der Waals surface area contributed by atoms with Gasteiger partial charge in [-0.2, -0.15) is 13.2 Å². The molecule has 0 spiro atoms. The van der Waals surface area contributed by atoms with Gasteiger partial charge in [-0.3, -0.25) is 0 Å². The predicted molar refractivity (Wildman–Crippen MR) is 93.3 cm³/mol. The predicted octanol–water partition coefficient (Wildman–Crippen LogP) is 4.92. The molecule has 3 nitrogen and oxygen atoms in total. The first-order valence-electron chi connectivity index (χ1n) is 7.78. The van der Waals surface area contributed by atoms with Crippen LogP contribution in [0.5, 0.6) is 0 Å². The maximum atomic E-state index is 12.8. The lowest BCUT2D eigenvalue weighted by atomic mass is 9.87. The number of alkyl halides is 3. The van der Waals surface area contributed by atoms with Crippen LogP contribution in [0.25, 0.3) is 11.1 Å². The van der Waals surface area contributed by atoms with Crippen molar-refractivity contribution < 1.29 is 18.0 Å². The van der Waals surface area contributed by atoms with E-state index >= 15 is 0 Å². The minimum Gasteiger partial charge on any atom is -0.336 e. The molecule has 1 aliphatic rings. The highest BCUT2D eigenvalue weighted by Crippen LogP contribution is 2.38. The van der Waals surface area contributed by atoms with Gasteiger partial charge in [0, 0.05) is 16.9 Å². The van der Waals surface area contributed by atoms with E-state index in [-0.39, 0.29) is 18.0 Å². The molecule has 1 fully saturated rings. The standard InChI is InChI=1S/C18H16BrF3N2O/c1-10(15-9-23-17(25)24-15)13-3-2-4-14(19)16(13)11-5-7-12(8-6-11)18(20,21)22/h2-8,10,15H,9H2,1H3,(H2,23,24,25). The molecule has 0 bridgehead atoms. The molecule has 0 radical (unpaired) electrons. The summed E-state index contributed by atoms with van der Waals surface area (Å²) in [5.41, 5.74) is 1.82. The summed E-state index contributed by atoms with van der Waals surface area (Å²) in [6, 6.07) is 10.5. The number of rotatable bonds is 3. The molecular formula is C18H16BrF3N2O. The largest absolute Gasteiger partial charge is 0.416 e. The van der Waals surface area contributed by atoms with E-state index in [1.165, 1.54) is 12.1 Å². The minimum atomic E-state index is -4.36. The van der Waals surface area contributed by atoms with Gasteiger partial charge < -0.3 is 10.6 Å². The summed E-state index contributed by atoms with van der Waals surface area (Å²) in [5, 5.41) is 5.60. The average molecular weight is 413 g/mol. The molecule has 0 aromatic heterocycles. The molecular weight excluding hydrogens is 397 g/mol. The molecule has 2 unspecified atom stereocenters. The van der Waals surface area contributed by atoms with Crippen molar-refractivity contribution in [1.29, 1.82) is 0 Å². The highest BCUT2D eigenvalue weighted by atomic mass is 79.9. The molecule has 2 N–H and O–H groups in total. The van der Waals surface area contributed by atoms with Crippen molar-refractivity contribution in [3.8, 4) is 11.1 Å². The Morgan fingerprint density at radius 1 is 1.16 bits per heavy atom. The second-order valence-electron chi connectivity index (χ2n) is 6.03. The third-order valence-corrected chi connectivity index (χ3v) is 5.10. The second-order valence-corrected chi connectivity index (χ2v) is 6.88. The molecule has 2 atom stereocenters. The van der Waals surface area contributed by atoms with Gasteiger partial charge in [-0.05, 0) is 34.9 Å². The number of hydrogen-bond acceptors (Lipinski definition) is 1. The molecule has 1 heterocycles. The van der Waals surface area contributed by atoms with Crippen molar-refractivity contribution in [2.45, 2.75) is 25.1 Å². The van der Waals surface area contributed by atoms with Crippen molar-refractivity contribution in [3.63, 3.8) is 0 Å². The van der Waals surface area contributed by atoms with Gasteiger partial charge in [0.25, 0.3) is 0 Å². The number of amides is 2. The van der Waals surface area contributed by atoms with Gasteiger partial charge in [0.15, 0.2) is 0 Å². The summed E-state index contributed by atoms with van der Waals surface area (Å²) in [6.45, 7) is 2.51. The summed E-state index contributed by atoms with van der Waals surface area (Å²) >= 11 is 3.51. The molecule has 0 aliphatic carbocycles. The Bertz CT molecular complexity index is 790. The highest BCUT2D eigenvalue weighted by molar-refractivity contribution is 9.10. The Morgan fingerprint density at radius 2 is 1.84 bits per heavy atom. The Labute approximate surface area is 151 Å². The minimum absolute atomic E-state index is 0.00579. The number of halogens is 4. The molecule has 25 heavy (non-hydrogen) atoms. The second kappa shape index (κ2) is 6.71. The van der Waals surface area contributed by atoms with Crippen molar-refractivity contribution in [2.24, 2.45) is 0 Å². The highest BCUT2D eigenvalue weighted by Gasteiger charge is 2.31. The van der Waals surface area contributed by atoms with Crippen molar-refractivity contribution in [3.05, 3.63) is 58.1 Å². The van der Waals surface area contributed by atoms with Crippen LogP contribution in [0.3, 0.4) is 0 Å². The summed E-state index contributed by atoms with van der Waals surface area (Å²) in [7, 11) is 0. The van der Waals surface area contributed by atoms with Gasteiger partial charge in [-0.15, -0.1) is 0 Å². The number of nitrogens with one attached hydrogen (secondary N) is 2. The molecule has 2 aromatic rings. The summed E-state index contributed by atoms with van der Waals surface area (Å²) in [6.07, 6.45) is -4.36. The van der Waals surface area contributed by atoms with Crippen molar-refractivity contribution in [2.75, 3.05) is 6.54 Å². The van der Waals surface area contributed by atoms with E-state index in [1.54, 1.807) is 0 Å². The fourth-order valence-corrected chi connectivity index (χ4v) is 3.65. The van der Waals surface area contributed by atoms with Gasteiger partial charge >= 0.3 is 12.2 Å². The Hall–Kier alpha value is -2.02. The normalized spacial score (nSPS) is 18.6. The lowest BCUT2D eigenvalue weighted by Gasteiger charge is -2.23. The number of benzene rings is 2. The van der Waals surface area contributed by atoms with Gasteiger partial charge in [0.05, 0.1) is 11.6 Å². The van der Waals surface area contributed by atoms with Gasteiger partial charge in [0.1, 0.15) is 0 Å². The Kier molecular flexibility index (Phi) is 4.77. The van der Waals surface area contributed by atoms with E-state index in [9.17, 15) is 18.0 Å². The third kappa shape index (κ3) is 3.66. The molecule has 3 rings (SSSR count). The lowest BCUT2D eigenvalue weighted by molar-refractivity contribution is -0.137. The van der Waals surface area contributed by atoms with Crippen LogP contribution < -0.4 is 10.6 Å². The number of carbonyl (C=O) groups excluding carboxylic acids is 1. The first-order valence-corrected chi connectivity index (χ1v) is 8.57. The van der Waals surface area contributed by atoms with E-state index in [1.807, 2.05) is 25.1 Å². The zero-order chi connectivity index (χ0) is 18.2. The van der Waals surface area contributed by atoms with E-state index in [4.69, 9.17) is 0 Å². The van der Waals surface area contributed by atoms with Crippen LogP contribution in [0.2, 0.25) is 0 Å². The molecule has 1 saturated heterocycles. The van der Waals surface area contributed by atoms with Gasteiger partial charge in [0.2, 0.25) is 0 Å². The van der Waals surface area contributed by atoms with Crippen LogP contribution in [0.4, 0.5) is 18.0 Å². The van der Waals surface area contributed by atoms with Crippen LogP contribution >= 0.6 is 15.9 Å². The van der Waals surface area contributed by atoms with Crippen molar-refractivity contribution >= 4 is 22.0 Å². The number of hydrogen-bond donors (Lipinski definition) is 2. The third-order valence-electron chi connectivity index (χ3n) is 4.44. The van der Waals surface area contributed by atoms with Crippen LogP contribution in [-0.2, 0) is 6.18 Å². The maximum Gasteiger partial charge on any atom is 0.416 e. The van der Waals surface area contributed by atoms with Crippen LogP contribution in [0.1, 0.15) is 24.0 Å². The zero-order valence-corrected chi connectivity index (χ0v) is 14.9. The average Bonchev–Trinajstić information content (AvgIpc) is 3.00. The van der Waals surface area contributed by atoms with Crippen LogP contribution in [0.15, 0.2) is 46.9 Å². The molecule has 1 aliphatic heterocycles. The molecule has 2 amide bonds. The fraction of sp³-hybridized carbons (Fsp3) is 0.278. The number of carbonyl (C=O) groups is 1. The fourth-order valence-electron chi connectivity index (χ4n) is 3.04.